The highest BCUT2D eigenvalue weighted by Crippen LogP contribution is 2.56. The van der Waals surface area contributed by atoms with Gasteiger partial charge in [-0.3, -0.25) is 9.59 Å². The van der Waals surface area contributed by atoms with Crippen molar-refractivity contribution in [2.24, 2.45) is 0 Å². The van der Waals surface area contributed by atoms with E-state index in [0.29, 0.717) is 39.9 Å². The van der Waals surface area contributed by atoms with E-state index in [1.165, 1.54) is 28.4 Å². The largest absolute Gasteiger partial charge is 0.497 e. The van der Waals surface area contributed by atoms with E-state index < -0.39 is 18.1 Å². The predicted molar refractivity (Wildman–Crippen MR) is 168 cm³/mol. The summed E-state index contributed by atoms with van der Waals surface area (Å²) < 4.78 is 46.7. The SMILES string of the molecule is COc1ccc([C@@H]2CC(=O)c3c(OC)cc(OC)c([C@H]4C(=O)c5c(OC)cc(OC)cc5O[C@@H]4c4ccc(OC)cc4)c3O2)cc1. The van der Waals surface area contributed by atoms with Crippen molar-refractivity contribution in [1.29, 1.82) is 0 Å². The first-order valence-electron chi connectivity index (χ1n) is 14.6. The summed E-state index contributed by atoms with van der Waals surface area (Å²) in [5, 5.41) is 0. The van der Waals surface area contributed by atoms with Crippen molar-refractivity contribution < 1.29 is 47.5 Å². The van der Waals surface area contributed by atoms with Crippen LogP contribution in [-0.2, 0) is 0 Å². The second-order valence-corrected chi connectivity index (χ2v) is 10.8. The van der Waals surface area contributed by atoms with Crippen molar-refractivity contribution >= 4 is 11.6 Å². The van der Waals surface area contributed by atoms with Gasteiger partial charge in [-0.25, -0.2) is 0 Å². The van der Waals surface area contributed by atoms with Gasteiger partial charge in [-0.15, -0.1) is 0 Å². The summed E-state index contributed by atoms with van der Waals surface area (Å²) in [5.74, 6) is 1.60. The van der Waals surface area contributed by atoms with Gasteiger partial charge in [0.15, 0.2) is 11.6 Å². The Hall–Kier alpha value is -5.38. The topological polar surface area (TPSA) is 108 Å². The Balaban J connectivity index is 1.59. The van der Waals surface area contributed by atoms with Crippen LogP contribution < -0.4 is 37.9 Å². The van der Waals surface area contributed by atoms with Crippen LogP contribution in [0.25, 0.3) is 0 Å². The minimum absolute atomic E-state index is 0.0644. The number of methoxy groups -OCH3 is 6. The van der Waals surface area contributed by atoms with Crippen LogP contribution in [0.4, 0.5) is 0 Å². The monoisotopic (exact) mass is 626 g/mol. The highest BCUT2D eigenvalue weighted by Gasteiger charge is 2.47. The summed E-state index contributed by atoms with van der Waals surface area (Å²) in [6, 6.07) is 19.5. The molecule has 2 heterocycles. The third-order valence-electron chi connectivity index (χ3n) is 8.42. The van der Waals surface area contributed by atoms with Crippen LogP contribution >= 0.6 is 0 Å². The number of carbonyl (C=O) groups excluding carboxylic acids is 2. The van der Waals surface area contributed by atoms with E-state index in [2.05, 4.69) is 0 Å². The van der Waals surface area contributed by atoms with Gasteiger partial charge in [0.05, 0.1) is 60.6 Å². The normalized spacial score (nSPS) is 18.3. The molecule has 0 N–H and O–H groups in total. The number of hydrogen-bond acceptors (Lipinski definition) is 10. The van der Waals surface area contributed by atoms with Gasteiger partial charge in [0.1, 0.15) is 69.3 Å². The molecule has 0 fully saturated rings. The van der Waals surface area contributed by atoms with Gasteiger partial charge in [-0.05, 0) is 35.4 Å². The number of ketones is 2. The molecule has 0 spiro atoms. The number of hydrogen-bond donors (Lipinski definition) is 0. The van der Waals surface area contributed by atoms with E-state index in [9.17, 15) is 9.59 Å². The molecule has 0 amide bonds. The smallest absolute Gasteiger partial charge is 0.182 e. The van der Waals surface area contributed by atoms with Gasteiger partial charge in [0.2, 0.25) is 0 Å². The Morgan fingerprint density at radius 3 is 1.72 bits per heavy atom. The quantitative estimate of drug-likeness (QED) is 0.203. The van der Waals surface area contributed by atoms with Crippen molar-refractivity contribution in [3.63, 3.8) is 0 Å². The molecule has 238 valence electrons. The second-order valence-electron chi connectivity index (χ2n) is 10.8. The van der Waals surface area contributed by atoms with Crippen molar-refractivity contribution in [3.05, 3.63) is 94.5 Å². The highest BCUT2D eigenvalue weighted by molar-refractivity contribution is 6.09. The van der Waals surface area contributed by atoms with E-state index in [1.807, 2.05) is 24.3 Å². The van der Waals surface area contributed by atoms with Crippen LogP contribution in [0.1, 0.15) is 62.0 Å². The predicted octanol–water partition coefficient (Wildman–Crippen LogP) is 6.54. The van der Waals surface area contributed by atoms with Crippen LogP contribution in [0, 0.1) is 0 Å². The molecule has 2 aliphatic heterocycles. The van der Waals surface area contributed by atoms with Gasteiger partial charge in [-0.2, -0.15) is 0 Å². The molecule has 46 heavy (non-hydrogen) atoms. The first kappa shape index (κ1) is 30.6. The van der Waals surface area contributed by atoms with E-state index in [-0.39, 0.29) is 46.4 Å². The van der Waals surface area contributed by atoms with Crippen molar-refractivity contribution in [1.82, 2.24) is 0 Å². The Morgan fingerprint density at radius 2 is 1.15 bits per heavy atom. The lowest BCUT2D eigenvalue weighted by atomic mass is 9.78. The molecule has 0 aromatic heterocycles. The molecule has 4 aromatic carbocycles. The molecule has 10 heteroatoms. The van der Waals surface area contributed by atoms with Gasteiger partial charge >= 0.3 is 0 Å². The van der Waals surface area contributed by atoms with Crippen LogP contribution in [0.3, 0.4) is 0 Å². The third-order valence-corrected chi connectivity index (χ3v) is 8.42. The number of rotatable bonds is 9. The lowest BCUT2D eigenvalue weighted by Gasteiger charge is -2.37. The maximum Gasteiger partial charge on any atom is 0.182 e. The molecule has 0 radical (unpaired) electrons. The third kappa shape index (κ3) is 5.19. The second kappa shape index (κ2) is 12.5. The average molecular weight is 627 g/mol. The number of carbonyl (C=O) groups is 2. The van der Waals surface area contributed by atoms with Crippen LogP contribution in [-0.4, -0.2) is 54.2 Å². The maximum atomic E-state index is 14.8. The lowest BCUT2D eigenvalue weighted by molar-refractivity contribution is 0.0738. The minimum atomic E-state index is -1.03. The molecular weight excluding hydrogens is 592 g/mol. The molecule has 4 aromatic rings. The summed E-state index contributed by atoms with van der Waals surface area (Å²) in [6.07, 6.45) is -1.45. The molecule has 0 saturated heterocycles. The molecule has 10 nitrogen and oxygen atoms in total. The number of Topliss-reactive ketones (excluding diaryl/α,β-unsaturated/α-hetero) is 2. The van der Waals surface area contributed by atoms with Crippen LogP contribution in [0.15, 0.2) is 66.7 Å². The zero-order chi connectivity index (χ0) is 32.5. The summed E-state index contributed by atoms with van der Waals surface area (Å²) >= 11 is 0. The molecule has 0 unspecified atom stereocenters. The van der Waals surface area contributed by atoms with Gasteiger partial charge in [0.25, 0.3) is 0 Å². The number of ether oxygens (including phenoxy) is 8. The lowest BCUT2D eigenvalue weighted by Crippen LogP contribution is -2.32. The fraction of sp³-hybridized carbons (Fsp3) is 0.278. The summed E-state index contributed by atoms with van der Waals surface area (Å²) in [7, 11) is 9.13. The van der Waals surface area contributed by atoms with E-state index in [1.54, 1.807) is 56.7 Å². The summed E-state index contributed by atoms with van der Waals surface area (Å²) in [6.45, 7) is 0. The molecule has 0 saturated carbocycles. The molecule has 2 aliphatic rings. The number of benzene rings is 4. The maximum absolute atomic E-state index is 14.8. The summed E-state index contributed by atoms with van der Waals surface area (Å²) in [4.78, 5) is 28.7. The molecule has 0 bridgehead atoms. The molecular formula is C36H34O10. The number of fused-ring (bicyclic) bond motifs is 2. The molecule has 3 atom stereocenters. The first-order valence-corrected chi connectivity index (χ1v) is 14.6. The zero-order valence-electron chi connectivity index (χ0n) is 26.4. The Kier molecular flexibility index (Phi) is 8.36. The van der Waals surface area contributed by atoms with E-state index in [4.69, 9.17) is 37.9 Å². The molecule has 6 rings (SSSR count). The van der Waals surface area contributed by atoms with Crippen molar-refractivity contribution in [3.8, 4) is 46.0 Å². The minimum Gasteiger partial charge on any atom is -0.497 e. The zero-order valence-corrected chi connectivity index (χ0v) is 26.4. The Morgan fingerprint density at radius 1 is 0.587 bits per heavy atom. The Bertz CT molecular complexity index is 1780. The fourth-order valence-electron chi connectivity index (χ4n) is 6.11. The standard InChI is InChI=1S/C36H34O10/c1-39-21-11-7-19(8-12-21)25-17-24(37)30-27(43-5)18-28(44-6)32(36(30)45-25)33-34(38)31-26(42-4)15-23(41-3)16-29(31)46-35(33)20-9-13-22(40-2)14-10-20/h7-16,18,25,33,35H,17H2,1-6H3/t25-,33-,35+/m0/s1. The Labute approximate surface area is 266 Å². The summed E-state index contributed by atoms with van der Waals surface area (Å²) in [5.41, 5.74) is 2.28. The average Bonchev–Trinajstić information content (AvgIpc) is 3.10. The van der Waals surface area contributed by atoms with Crippen molar-refractivity contribution in [2.75, 3.05) is 42.7 Å². The highest BCUT2D eigenvalue weighted by atomic mass is 16.5. The fourth-order valence-corrected chi connectivity index (χ4v) is 6.11. The van der Waals surface area contributed by atoms with Gasteiger partial charge in [-0.1, -0.05) is 24.3 Å². The van der Waals surface area contributed by atoms with Crippen LogP contribution in [0.5, 0.6) is 46.0 Å². The van der Waals surface area contributed by atoms with Gasteiger partial charge < -0.3 is 37.9 Å². The van der Waals surface area contributed by atoms with Crippen molar-refractivity contribution in [2.45, 2.75) is 24.5 Å². The van der Waals surface area contributed by atoms with Gasteiger partial charge in [0, 0.05) is 18.2 Å². The van der Waals surface area contributed by atoms with E-state index in [0.717, 1.165) is 5.56 Å². The van der Waals surface area contributed by atoms with Crippen LogP contribution in [0.2, 0.25) is 0 Å². The first-order chi connectivity index (χ1) is 22.3. The van der Waals surface area contributed by atoms with E-state index >= 15 is 0 Å². The molecule has 0 aliphatic carbocycles.